The molecule has 0 aliphatic heterocycles. The van der Waals surface area contributed by atoms with Crippen molar-refractivity contribution < 1.29 is 5.11 Å². The first-order valence-electron chi connectivity index (χ1n) is 13.2. The number of fused-ring (bicyclic) bond motifs is 5. The van der Waals surface area contributed by atoms with E-state index in [1.165, 1.54) is 64.2 Å². The third-order valence-electron chi connectivity index (χ3n) is 11.2. The maximum atomic E-state index is 10.2. The molecule has 0 saturated heterocycles. The van der Waals surface area contributed by atoms with Crippen LogP contribution in [0.3, 0.4) is 0 Å². The SMILES string of the molecule is CC12CCC(O)CC1CCC1C2=CCC2(C)C(CCCCC3(C#N)CCC3)CCC12. The molecular weight excluding hydrogens is 366 g/mol. The molecule has 166 valence electrons. The van der Waals surface area contributed by atoms with Crippen LogP contribution in [0.5, 0.6) is 0 Å². The van der Waals surface area contributed by atoms with Gasteiger partial charge in [-0.05, 0) is 112 Å². The van der Waals surface area contributed by atoms with Crippen LogP contribution in [0.2, 0.25) is 0 Å². The van der Waals surface area contributed by atoms with Gasteiger partial charge in [0.15, 0.2) is 0 Å². The molecule has 7 unspecified atom stereocenters. The molecule has 2 nitrogen and oxygen atoms in total. The van der Waals surface area contributed by atoms with E-state index in [1.807, 2.05) is 5.57 Å². The van der Waals surface area contributed by atoms with Crippen molar-refractivity contribution in [1.29, 1.82) is 5.26 Å². The summed E-state index contributed by atoms with van der Waals surface area (Å²) in [6.45, 7) is 5.17. The molecule has 0 spiro atoms. The minimum Gasteiger partial charge on any atom is -0.393 e. The van der Waals surface area contributed by atoms with Crippen molar-refractivity contribution in [3.05, 3.63) is 11.6 Å². The topological polar surface area (TPSA) is 44.0 Å². The minimum absolute atomic E-state index is 0.0509. The summed E-state index contributed by atoms with van der Waals surface area (Å²) >= 11 is 0. The Labute approximate surface area is 184 Å². The summed E-state index contributed by atoms with van der Waals surface area (Å²) in [5.41, 5.74) is 2.76. The lowest BCUT2D eigenvalue weighted by Gasteiger charge is -2.56. The van der Waals surface area contributed by atoms with Crippen molar-refractivity contribution in [3.63, 3.8) is 0 Å². The Balaban J connectivity index is 1.24. The molecule has 2 heteroatoms. The van der Waals surface area contributed by atoms with Crippen LogP contribution in [0.25, 0.3) is 0 Å². The van der Waals surface area contributed by atoms with Gasteiger partial charge in [-0.2, -0.15) is 5.26 Å². The van der Waals surface area contributed by atoms with Crippen LogP contribution in [0.15, 0.2) is 11.6 Å². The Bertz CT molecular complexity index is 729. The number of hydrogen-bond donors (Lipinski definition) is 1. The Morgan fingerprint density at radius 1 is 1.07 bits per heavy atom. The summed E-state index contributed by atoms with van der Waals surface area (Å²) in [5, 5.41) is 19.7. The quantitative estimate of drug-likeness (QED) is 0.386. The second kappa shape index (κ2) is 7.65. The van der Waals surface area contributed by atoms with Gasteiger partial charge in [-0.15, -0.1) is 0 Å². The van der Waals surface area contributed by atoms with Gasteiger partial charge >= 0.3 is 0 Å². The van der Waals surface area contributed by atoms with E-state index in [0.717, 1.165) is 49.9 Å². The molecule has 5 aliphatic rings. The molecule has 0 amide bonds. The molecule has 0 bridgehead atoms. The van der Waals surface area contributed by atoms with E-state index in [2.05, 4.69) is 26.0 Å². The highest BCUT2D eigenvalue weighted by Crippen LogP contribution is 2.66. The summed E-state index contributed by atoms with van der Waals surface area (Å²) in [4.78, 5) is 0. The molecule has 0 aromatic heterocycles. The average Bonchev–Trinajstić information content (AvgIpc) is 3.04. The highest BCUT2D eigenvalue weighted by atomic mass is 16.3. The molecule has 4 fully saturated rings. The Morgan fingerprint density at radius 3 is 2.63 bits per heavy atom. The van der Waals surface area contributed by atoms with Gasteiger partial charge in [0.05, 0.1) is 17.6 Å². The molecule has 4 saturated carbocycles. The van der Waals surface area contributed by atoms with Crippen LogP contribution in [0, 0.1) is 51.2 Å². The molecule has 7 atom stereocenters. The summed E-state index contributed by atoms with van der Waals surface area (Å²) in [6, 6.07) is 2.63. The first kappa shape index (κ1) is 21.1. The standard InChI is InChI=1S/C28H43NO/c1-26-17-12-25-23(9-7-21-18-22(30)11-16-27(21,25)2)24(26)10-8-20(26)6-3-4-13-28(19-29)14-5-15-28/h12,20-24,30H,3-11,13-18H2,1-2H3. The molecule has 0 aromatic rings. The zero-order chi connectivity index (χ0) is 21.0. The number of unbranched alkanes of at least 4 members (excludes halogenated alkanes) is 1. The van der Waals surface area contributed by atoms with Crippen LogP contribution in [0.1, 0.15) is 110 Å². The number of nitrogens with zero attached hydrogens (tertiary/aromatic N) is 1. The van der Waals surface area contributed by atoms with Crippen LogP contribution < -0.4 is 0 Å². The number of allylic oxidation sites excluding steroid dienone is 2. The number of aliphatic hydroxyl groups is 1. The summed E-state index contributed by atoms with van der Waals surface area (Å²) in [5.74, 6) is 3.31. The normalized spacial score (nSPS) is 46.6. The first-order chi connectivity index (χ1) is 14.4. The maximum Gasteiger partial charge on any atom is 0.0689 e. The molecule has 0 heterocycles. The predicted octanol–water partition coefficient (Wildman–Crippen LogP) is 7.18. The van der Waals surface area contributed by atoms with E-state index in [9.17, 15) is 10.4 Å². The van der Waals surface area contributed by atoms with Crippen molar-refractivity contribution in [2.24, 2.45) is 39.9 Å². The lowest BCUT2D eigenvalue weighted by molar-refractivity contribution is -0.0126. The van der Waals surface area contributed by atoms with Crippen molar-refractivity contribution in [1.82, 2.24) is 0 Å². The van der Waals surface area contributed by atoms with Gasteiger partial charge in [0.1, 0.15) is 0 Å². The van der Waals surface area contributed by atoms with E-state index >= 15 is 0 Å². The number of aliphatic hydroxyl groups excluding tert-OH is 1. The Morgan fingerprint density at radius 2 is 1.90 bits per heavy atom. The zero-order valence-electron chi connectivity index (χ0n) is 19.5. The smallest absolute Gasteiger partial charge is 0.0689 e. The van der Waals surface area contributed by atoms with Gasteiger partial charge in [0.25, 0.3) is 0 Å². The minimum atomic E-state index is -0.0509. The summed E-state index contributed by atoms with van der Waals surface area (Å²) in [7, 11) is 0. The third-order valence-corrected chi connectivity index (χ3v) is 11.2. The second-order valence-corrected chi connectivity index (χ2v) is 12.5. The average molecular weight is 410 g/mol. The predicted molar refractivity (Wildman–Crippen MR) is 122 cm³/mol. The van der Waals surface area contributed by atoms with Gasteiger partial charge in [-0.3, -0.25) is 0 Å². The van der Waals surface area contributed by atoms with Crippen LogP contribution in [0.4, 0.5) is 0 Å². The van der Waals surface area contributed by atoms with E-state index < -0.39 is 0 Å². The van der Waals surface area contributed by atoms with E-state index in [-0.39, 0.29) is 11.5 Å². The largest absolute Gasteiger partial charge is 0.393 e. The second-order valence-electron chi connectivity index (χ2n) is 12.5. The van der Waals surface area contributed by atoms with Gasteiger partial charge < -0.3 is 5.11 Å². The molecule has 0 radical (unpaired) electrons. The van der Waals surface area contributed by atoms with E-state index in [0.29, 0.717) is 16.7 Å². The Hall–Kier alpha value is -0.810. The van der Waals surface area contributed by atoms with Crippen molar-refractivity contribution in [2.45, 2.75) is 116 Å². The van der Waals surface area contributed by atoms with Gasteiger partial charge in [-0.25, -0.2) is 0 Å². The molecule has 5 aliphatic carbocycles. The van der Waals surface area contributed by atoms with Crippen molar-refractivity contribution >= 4 is 0 Å². The molecule has 30 heavy (non-hydrogen) atoms. The van der Waals surface area contributed by atoms with Gasteiger partial charge in [0, 0.05) is 0 Å². The maximum absolute atomic E-state index is 10.2. The molecule has 0 aromatic carbocycles. The van der Waals surface area contributed by atoms with Crippen LogP contribution in [-0.2, 0) is 0 Å². The first-order valence-corrected chi connectivity index (χ1v) is 13.2. The van der Waals surface area contributed by atoms with Crippen molar-refractivity contribution in [2.75, 3.05) is 0 Å². The van der Waals surface area contributed by atoms with E-state index in [1.54, 1.807) is 0 Å². The van der Waals surface area contributed by atoms with Crippen LogP contribution >= 0.6 is 0 Å². The lowest BCUT2D eigenvalue weighted by Crippen LogP contribution is -2.48. The fourth-order valence-electron chi connectivity index (χ4n) is 8.96. The highest BCUT2D eigenvalue weighted by Gasteiger charge is 2.56. The van der Waals surface area contributed by atoms with Crippen LogP contribution in [-0.4, -0.2) is 11.2 Å². The Kier molecular flexibility index (Phi) is 5.37. The number of nitriles is 1. The summed E-state index contributed by atoms with van der Waals surface area (Å²) in [6.07, 6.45) is 21.5. The molecular formula is C28H43NO. The highest BCUT2D eigenvalue weighted by molar-refractivity contribution is 5.29. The molecule has 1 N–H and O–H groups in total. The fourth-order valence-corrected chi connectivity index (χ4v) is 8.96. The zero-order valence-corrected chi connectivity index (χ0v) is 19.5. The van der Waals surface area contributed by atoms with Gasteiger partial charge in [0.2, 0.25) is 0 Å². The van der Waals surface area contributed by atoms with Gasteiger partial charge in [-0.1, -0.05) is 44.8 Å². The van der Waals surface area contributed by atoms with E-state index in [4.69, 9.17) is 0 Å². The van der Waals surface area contributed by atoms with Crippen molar-refractivity contribution in [3.8, 4) is 6.07 Å². The fraction of sp³-hybridized carbons (Fsp3) is 0.893. The lowest BCUT2D eigenvalue weighted by atomic mass is 9.48. The summed E-state index contributed by atoms with van der Waals surface area (Å²) < 4.78 is 0. The number of hydrogen-bond acceptors (Lipinski definition) is 2. The molecule has 5 rings (SSSR count). The number of rotatable bonds is 5. The monoisotopic (exact) mass is 409 g/mol. The third kappa shape index (κ3) is 3.21.